The van der Waals surface area contributed by atoms with Gasteiger partial charge in [0.15, 0.2) is 5.96 Å². The first-order chi connectivity index (χ1) is 11.6. The Hall–Kier alpha value is -2.11. The number of pyridine rings is 1. The Morgan fingerprint density at radius 1 is 1.29 bits per heavy atom. The number of carbonyl (C=O) groups excluding carboxylic acids is 1. The minimum absolute atomic E-state index is 0.00414. The summed E-state index contributed by atoms with van der Waals surface area (Å²) >= 11 is 0. The van der Waals surface area contributed by atoms with Gasteiger partial charge in [-0.2, -0.15) is 0 Å². The van der Waals surface area contributed by atoms with E-state index in [2.05, 4.69) is 20.6 Å². The van der Waals surface area contributed by atoms with Crippen molar-refractivity contribution in [2.45, 2.75) is 44.6 Å². The van der Waals surface area contributed by atoms with Gasteiger partial charge in [0.05, 0.1) is 0 Å². The topological polar surface area (TPSA) is 69.6 Å². The number of carbonyl (C=O) groups is 1. The number of aromatic nitrogens is 1. The molecule has 0 aliphatic heterocycles. The van der Waals surface area contributed by atoms with Crippen molar-refractivity contribution in [3.63, 3.8) is 0 Å². The highest BCUT2D eigenvalue weighted by atomic mass is 16.2. The number of nitrogens with zero attached hydrogens (tertiary/aromatic N) is 3. The van der Waals surface area contributed by atoms with E-state index >= 15 is 0 Å². The normalized spacial score (nSPS) is 15.8. The summed E-state index contributed by atoms with van der Waals surface area (Å²) < 4.78 is 0. The third kappa shape index (κ3) is 6.56. The van der Waals surface area contributed by atoms with Crippen molar-refractivity contribution in [1.82, 2.24) is 20.5 Å². The molecular weight excluding hydrogens is 302 g/mol. The standard InChI is InChI=1S/C18H29N5O/c1-23(2)17(24)14-21-18(22-16-9-4-3-5-10-16)20-13-11-15-8-6-7-12-19-15/h6-8,12,16H,3-5,9-11,13-14H2,1-2H3,(H2,20,21,22). The summed E-state index contributed by atoms with van der Waals surface area (Å²) in [6.45, 7) is 0.907. The minimum Gasteiger partial charge on any atom is -0.356 e. The van der Waals surface area contributed by atoms with E-state index in [4.69, 9.17) is 0 Å². The van der Waals surface area contributed by atoms with Crippen LogP contribution in [-0.4, -0.2) is 55.0 Å². The molecule has 6 nitrogen and oxygen atoms in total. The average Bonchev–Trinajstić information content (AvgIpc) is 2.61. The fraction of sp³-hybridized carbons (Fsp3) is 0.611. The number of nitrogens with one attached hydrogen (secondary N) is 2. The zero-order valence-corrected chi connectivity index (χ0v) is 14.8. The maximum absolute atomic E-state index is 11.8. The van der Waals surface area contributed by atoms with Crippen molar-refractivity contribution >= 4 is 11.9 Å². The minimum atomic E-state index is 0.00414. The molecule has 0 bridgehead atoms. The van der Waals surface area contributed by atoms with Gasteiger partial charge in [-0.1, -0.05) is 25.3 Å². The fourth-order valence-electron chi connectivity index (χ4n) is 2.74. The quantitative estimate of drug-likeness (QED) is 0.613. The Morgan fingerprint density at radius 3 is 2.75 bits per heavy atom. The zero-order chi connectivity index (χ0) is 17.2. The van der Waals surface area contributed by atoms with Crippen LogP contribution in [0.1, 0.15) is 37.8 Å². The molecule has 1 aliphatic carbocycles. The Bertz CT molecular complexity index is 523. The third-order valence-electron chi connectivity index (χ3n) is 4.22. The molecule has 1 amide bonds. The van der Waals surface area contributed by atoms with Crippen molar-refractivity contribution in [2.75, 3.05) is 27.2 Å². The van der Waals surface area contributed by atoms with Gasteiger partial charge in [-0.25, -0.2) is 4.99 Å². The lowest BCUT2D eigenvalue weighted by Crippen LogP contribution is -2.45. The maximum atomic E-state index is 11.8. The van der Waals surface area contributed by atoms with E-state index in [1.807, 2.05) is 18.2 Å². The zero-order valence-electron chi connectivity index (χ0n) is 14.8. The molecule has 2 rings (SSSR count). The third-order valence-corrected chi connectivity index (χ3v) is 4.22. The largest absolute Gasteiger partial charge is 0.356 e. The lowest BCUT2D eigenvalue weighted by Gasteiger charge is -2.25. The summed E-state index contributed by atoms with van der Waals surface area (Å²) in [7, 11) is 3.50. The van der Waals surface area contributed by atoms with Crippen molar-refractivity contribution < 1.29 is 4.79 Å². The van der Waals surface area contributed by atoms with Gasteiger partial charge < -0.3 is 15.5 Å². The smallest absolute Gasteiger partial charge is 0.243 e. The van der Waals surface area contributed by atoms with Crippen LogP contribution < -0.4 is 10.6 Å². The molecule has 2 N–H and O–H groups in total. The summed E-state index contributed by atoms with van der Waals surface area (Å²) in [6.07, 6.45) is 8.81. The number of rotatable bonds is 6. The van der Waals surface area contributed by atoms with Crippen LogP contribution in [0.5, 0.6) is 0 Å². The summed E-state index contributed by atoms with van der Waals surface area (Å²) in [5.74, 6) is 0.734. The molecule has 132 valence electrons. The molecule has 24 heavy (non-hydrogen) atoms. The first kappa shape index (κ1) is 18.2. The highest BCUT2D eigenvalue weighted by molar-refractivity contribution is 5.84. The van der Waals surface area contributed by atoms with Gasteiger partial charge in [-0.3, -0.25) is 9.78 Å². The van der Waals surface area contributed by atoms with E-state index in [-0.39, 0.29) is 12.5 Å². The number of hydrogen-bond acceptors (Lipinski definition) is 3. The highest BCUT2D eigenvalue weighted by Crippen LogP contribution is 2.17. The van der Waals surface area contributed by atoms with E-state index in [0.29, 0.717) is 6.04 Å². The number of amides is 1. The molecule has 1 heterocycles. The van der Waals surface area contributed by atoms with Gasteiger partial charge in [-0.05, 0) is 25.0 Å². The Kier molecular flexibility index (Phi) is 7.52. The molecule has 0 aromatic carbocycles. The van der Waals surface area contributed by atoms with Crippen LogP contribution in [0.2, 0.25) is 0 Å². The second-order valence-electron chi connectivity index (χ2n) is 6.43. The van der Waals surface area contributed by atoms with Crippen molar-refractivity contribution in [1.29, 1.82) is 0 Å². The predicted molar refractivity (Wildman–Crippen MR) is 96.9 cm³/mol. The molecule has 0 unspecified atom stereocenters. The molecule has 0 spiro atoms. The van der Waals surface area contributed by atoms with Crippen molar-refractivity contribution in [2.24, 2.45) is 4.99 Å². The van der Waals surface area contributed by atoms with E-state index < -0.39 is 0 Å². The Balaban J connectivity index is 1.88. The van der Waals surface area contributed by atoms with E-state index in [1.165, 1.54) is 32.1 Å². The Morgan fingerprint density at radius 2 is 2.08 bits per heavy atom. The Labute approximate surface area is 144 Å². The summed E-state index contributed by atoms with van der Waals surface area (Å²) in [6, 6.07) is 6.38. The fourth-order valence-corrected chi connectivity index (χ4v) is 2.74. The maximum Gasteiger partial charge on any atom is 0.243 e. The van der Waals surface area contributed by atoms with Gasteiger partial charge in [0.2, 0.25) is 5.91 Å². The molecule has 1 aromatic rings. The second-order valence-corrected chi connectivity index (χ2v) is 6.43. The van der Waals surface area contributed by atoms with Gasteiger partial charge in [-0.15, -0.1) is 0 Å². The number of likely N-dealkylation sites (N-methyl/N-ethyl adjacent to an activating group) is 1. The highest BCUT2D eigenvalue weighted by Gasteiger charge is 2.15. The van der Waals surface area contributed by atoms with Crippen LogP contribution in [0, 0.1) is 0 Å². The first-order valence-corrected chi connectivity index (χ1v) is 8.80. The monoisotopic (exact) mass is 331 g/mol. The molecule has 1 aliphatic rings. The number of aliphatic imine (C=N–C) groups is 1. The lowest BCUT2D eigenvalue weighted by molar-refractivity contribution is -0.127. The van der Waals surface area contributed by atoms with Crippen molar-refractivity contribution in [3.8, 4) is 0 Å². The summed E-state index contributed by atoms with van der Waals surface area (Å²) in [4.78, 5) is 22.1. The van der Waals surface area contributed by atoms with Gasteiger partial charge in [0.1, 0.15) is 6.54 Å². The van der Waals surface area contributed by atoms with Crippen LogP contribution in [0.4, 0.5) is 0 Å². The van der Waals surface area contributed by atoms with E-state index in [9.17, 15) is 4.79 Å². The lowest BCUT2D eigenvalue weighted by atomic mass is 9.96. The molecule has 1 fully saturated rings. The molecule has 0 atom stereocenters. The van der Waals surface area contributed by atoms with Gasteiger partial charge >= 0.3 is 0 Å². The average molecular weight is 331 g/mol. The van der Waals surface area contributed by atoms with Crippen LogP contribution >= 0.6 is 0 Å². The first-order valence-electron chi connectivity index (χ1n) is 8.80. The van der Waals surface area contributed by atoms with Gasteiger partial charge in [0, 0.05) is 45.0 Å². The predicted octanol–water partition coefficient (Wildman–Crippen LogP) is 1.58. The van der Waals surface area contributed by atoms with Crippen LogP contribution in [0.15, 0.2) is 29.4 Å². The molecule has 1 saturated carbocycles. The number of guanidine groups is 1. The van der Waals surface area contributed by atoms with E-state index in [0.717, 1.165) is 24.6 Å². The molecular formula is C18H29N5O. The van der Waals surface area contributed by atoms with Crippen LogP contribution in [0.25, 0.3) is 0 Å². The molecule has 6 heteroatoms. The second kappa shape index (κ2) is 9.90. The van der Waals surface area contributed by atoms with Crippen LogP contribution in [-0.2, 0) is 11.2 Å². The molecule has 0 radical (unpaired) electrons. The van der Waals surface area contributed by atoms with E-state index in [1.54, 1.807) is 25.2 Å². The van der Waals surface area contributed by atoms with Gasteiger partial charge in [0.25, 0.3) is 0 Å². The SMILES string of the molecule is CN(C)C(=O)CN=C(NCCc1ccccn1)NC1CCCCC1. The van der Waals surface area contributed by atoms with Crippen LogP contribution in [0.3, 0.4) is 0 Å². The summed E-state index contributed by atoms with van der Waals surface area (Å²) in [5, 5.41) is 6.82. The number of hydrogen-bond donors (Lipinski definition) is 2. The summed E-state index contributed by atoms with van der Waals surface area (Å²) in [5.41, 5.74) is 1.05. The molecule has 1 aromatic heterocycles. The molecule has 0 saturated heterocycles. The van der Waals surface area contributed by atoms with Crippen molar-refractivity contribution in [3.05, 3.63) is 30.1 Å².